The van der Waals surface area contributed by atoms with Crippen LogP contribution in [0.4, 0.5) is 10.8 Å². The van der Waals surface area contributed by atoms with Gasteiger partial charge in [0.15, 0.2) is 0 Å². The molecule has 3 N–H and O–H groups in total. The van der Waals surface area contributed by atoms with Crippen LogP contribution in [0, 0.1) is 0 Å². The summed E-state index contributed by atoms with van der Waals surface area (Å²) in [5.41, 5.74) is 7.58. The van der Waals surface area contributed by atoms with Crippen LogP contribution in [0.3, 0.4) is 0 Å². The molecule has 2 aromatic rings. The Labute approximate surface area is 128 Å². The number of aromatic nitrogens is 2. The van der Waals surface area contributed by atoms with Gasteiger partial charge in [-0.1, -0.05) is 42.9 Å². The Kier molecular flexibility index (Phi) is 5.68. The normalized spacial score (nSPS) is 10.5. The number of hydrogen-bond acceptors (Lipinski definition) is 5. The third-order valence-corrected chi connectivity index (χ3v) is 4.03. The quantitative estimate of drug-likeness (QED) is 0.770. The highest BCUT2D eigenvalue weighted by atomic mass is 32.1. The van der Waals surface area contributed by atoms with Crippen LogP contribution in [-0.2, 0) is 17.6 Å². The molecule has 0 aliphatic rings. The second kappa shape index (κ2) is 7.73. The number of nitrogens with one attached hydrogen (secondary N) is 1. The maximum Gasteiger partial charge on any atom is 0.226 e. The summed E-state index contributed by atoms with van der Waals surface area (Å²) in [4.78, 5) is 11.9. The van der Waals surface area contributed by atoms with Crippen LogP contribution in [0.5, 0.6) is 0 Å². The first-order valence-electron chi connectivity index (χ1n) is 7.14. The fourth-order valence-corrected chi connectivity index (χ4v) is 2.72. The van der Waals surface area contributed by atoms with E-state index in [-0.39, 0.29) is 5.91 Å². The molecule has 1 aromatic carbocycles. The van der Waals surface area contributed by atoms with E-state index in [1.165, 1.54) is 11.3 Å². The molecule has 1 aromatic heterocycles. The standard InChI is InChI=1S/C15H20N4OS/c1-2-3-8-14-18-19-15(21-14)17-13(20)10-9-11-6-4-5-7-12(11)16/h4-7H,2-3,8-10,16H2,1H3,(H,17,19,20). The number of nitrogens with zero attached hydrogens (tertiary/aromatic N) is 2. The van der Waals surface area contributed by atoms with Crippen molar-refractivity contribution in [1.82, 2.24) is 10.2 Å². The van der Waals surface area contributed by atoms with E-state index < -0.39 is 0 Å². The molecule has 1 amide bonds. The number of nitrogen functional groups attached to an aromatic ring is 1. The topological polar surface area (TPSA) is 80.9 Å². The molecule has 0 saturated heterocycles. The van der Waals surface area contributed by atoms with Crippen LogP contribution in [0.1, 0.15) is 36.8 Å². The summed E-state index contributed by atoms with van der Waals surface area (Å²) in [5.74, 6) is -0.0588. The van der Waals surface area contributed by atoms with E-state index in [2.05, 4.69) is 22.4 Å². The van der Waals surface area contributed by atoms with Gasteiger partial charge in [-0.2, -0.15) is 0 Å². The molecule has 0 atom stereocenters. The van der Waals surface area contributed by atoms with Crippen LogP contribution in [0.2, 0.25) is 0 Å². The largest absolute Gasteiger partial charge is 0.399 e. The summed E-state index contributed by atoms with van der Waals surface area (Å²) < 4.78 is 0. The molecule has 0 spiro atoms. The van der Waals surface area contributed by atoms with E-state index in [4.69, 9.17) is 5.73 Å². The van der Waals surface area contributed by atoms with E-state index >= 15 is 0 Å². The van der Waals surface area contributed by atoms with Crippen molar-refractivity contribution < 1.29 is 4.79 Å². The molecule has 112 valence electrons. The summed E-state index contributed by atoms with van der Waals surface area (Å²) in [7, 11) is 0. The molecule has 0 aliphatic heterocycles. The molecule has 1 heterocycles. The molecule has 2 rings (SSSR count). The number of benzene rings is 1. The number of unbranched alkanes of at least 4 members (excludes halogenated alkanes) is 1. The minimum atomic E-state index is -0.0588. The summed E-state index contributed by atoms with van der Waals surface area (Å²) in [6, 6.07) is 7.60. The minimum Gasteiger partial charge on any atom is -0.399 e. The van der Waals surface area contributed by atoms with Gasteiger partial charge in [0.25, 0.3) is 0 Å². The first kappa shape index (κ1) is 15.4. The van der Waals surface area contributed by atoms with Crippen molar-refractivity contribution in [2.24, 2.45) is 0 Å². The monoisotopic (exact) mass is 304 g/mol. The number of nitrogens with two attached hydrogens (primary N) is 1. The van der Waals surface area contributed by atoms with Gasteiger partial charge in [0, 0.05) is 18.5 Å². The zero-order chi connectivity index (χ0) is 15.1. The summed E-state index contributed by atoms with van der Waals surface area (Å²) in [5, 5.41) is 12.4. The van der Waals surface area contributed by atoms with Crippen LogP contribution in [0.25, 0.3) is 0 Å². The molecule has 0 saturated carbocycles. The zero-order valence-corrected chi connectivity index (χ0v) is 12.9. The lowest BCUT2D eigenvalue weighted by atomic mass is 10.1. The highest BCUT2D eigenvalue weighted by Gasteiger charge is 2.09. The van der Waals surface area contributed by atoms with Crippen molar-refractivity contribution in [3.8, 4) is 0 Å². The predicted octanol–water partition coefficient (Wildman–Crippen LogP) is 3.03. The third kappa shape index (κ3) is 4.82. The summed E-state index contributed by atoms with van der Waals surface area (Å²) in [6.45, 7) is 2.14. The highest BCUT2D eigenvalue weighted by Crippen LogP contribution is 2.18. The maximum atomic E-state index is 11.9. The molecule has 0 unspecified atom stereocenters. The predicted molar refractivity (Wildman–Crippen MR) is 86.3 cm³/mol. The van der Waals surface area contributed by atoms with E-state index in [0.29, 0.717) is 18.0 Å². The van der Waals surface area contributed by atoms with Crippen molar-refractivity contribution >= 4 is 28.1 Å². The van der Waals surface area contributed by atoms with Gasteiger partial charge in [0.1, 0.15) is 5.01 Å². The molecule has 6 heteroatoms. The number of rotatable bonds is 7. The van der Waals surface area contributed by atoms with Crippen LogP contribution in [-0.4, -0.2) is 16.1 Å². The van der Waals surface area contributed by atoms with Crippen LogP contribution in [0.15, 0.2) is 24.3 Å². The Morgan fingerprint density at radius 1 is 1.29 bits per heavy atom. The second-order valence-electron chi connectivity index (χ2n) is 4.85. The summed E-state index contributed by atoms with van der Waals surface area (Å²) in [6.07, 6.45) is 4.15. The van der Waals surface area contributed by atoms with Gasteiger partial charge in [-0.25, -0.2) is 0 Å². The Hall–Kier alpha value is -1.95. The van der Waals surface area contributed by atoms with E-state index in [0.717, 1.165) is 35.5 Å². The second-order valence-corrected chi connectivity index (χ2v) is 5.91. The van der Waals surface area contributed by atoms with Crippen molar-refractivity contribution in [3.63, 3.8) is 0 Å². The van der Waals surface area contributed by atoms with Crippen molar-refractivity contribution in [2.75, 3.05) is 11.1 Å². The van der Waals surface area contributed by atoms with Crippen LogP contribution < -0.4 is 11.1 Å². The number of hydrogen-bond donors (Lipinski definition) is 2. The lowest BCUT2D eigenvalue weighted by molar-refractivity contribution is -0.116. The van der Waals surface area contributed by atoms with Gasteiger partial charge < -0.3 is 11.1 Å². The van der Waals surface area contributed by atoms with Gasteiger partial charge in [-0.3, -0.25) is 4.79 Å². The number of carbonyl (C=O) groups is 1. The average molecular weight is 304 g/mol. The molecule has 21 heavy (non-hydrogen) atoms. The molecule has 0 aliphatic carbocycles. The number of aryl methyl sites for hydroxylation is 2. The van der Waals surface area contributed by atoms with Crippen molar-refractivity contribution in [2.45, 2.75) is 39.0 Å². The van der Waals surface area contributed by atoms with Gasteiger partial charge in [-0.05, 0) is 24.5 Å². The lowest BCUT2D eigenvalue weighted by Crippen LogP contribution is -2.12. The van der Waals surface area contributed by atoms with E-state index in [1.54, 1.807) is 0 Å². The fraction of sp³-hybridized carbons (Fsp3) is 0.400. The summed E-state index contributed by atoms with van der Waals surface area (Å²) >= 11 is 1.45. The molecule has 0 fully saturated rings. The first-order valence-corrected chi connectivity index (χ1v) is 7.96. The SMILES string of the molecule is CCCCc1nnc(NC(=O)CCc2ccccc2N)s1. The van der Waals surface area contributed by atoms with Crippen molar-refractivity contribution in [3.05, 3.63) is 34.8 Å². The van der Waals surface area contributed by atoms with E-state index in [9.17, 15) is 4.79 Å². The first-order chi connectivity index (χ1) is 10.2. The fourth-order valence-electron chi connectivity index (χ4n) is 1.92. The number of amides is 1. The van der Waals surface area contributed by atoms with Gasteiger partial charge in [0.2, 0.25) is 11.0 Å². The molecular weight excluding hydrogens is 284 g/mol. The molecular formula is C15H20N4OS. The van der Waals surface area contributed by atoms with Gasteiger partial charge >= 0.3 is 0 Å². The van der Waals surface area contributed by atoms with E-state index in [1.807, 2.05) is 24.3 Å². The Bertz CT molecular complexity index is 597. The molecule has 0 bridgehead atoms. The zero-order valence-electron chi connectivity index (χ0n) is 12.1. The Morgan fingerprint density at radius 3 is 2.86 bits per heavy atom. The maximum absolute atomic E-state index is 11.9. The van der Waals surface area contributed by atoms with Gasteiger partial charge in [0.05, 0.1) is 0 Å². The third-order valence-electron chi connectivity index (χ3n) is 3.13. The highest BCUT2D eigenvalue weighted by molar-refractivity contribution is 7.15. The number of anilines is 2. The molecule has 5 nitrogen and oxygen atoms in total. The van der Waals surface area contributed by atoms with Gasteiger partial charge in [-0.15, -0.1) is 10.2 Å². The molecule has 0 radical (unpaired) electrons. The Morgan fingerprint density at radius 2 is 2.10 bits per heavy atom. The van der Waals surface area contributed by atoms with Crippen molar-refractivity contribution in [1.29, 1.82) is 0 Å². The minimum absolute atomic E-state index is 0.0588. The lowest BCUT2D eigenvalue weighted by Gasteiger charge is -2.04. The van der Waals surface area contributed by atoms with Crippen LogP contribution >= 0.6 is 11.3 Å². The number of carbonyl (C=O) groups excluding carboxylic acids is 1. The Balaban J connectivity index is 1.82. The average Bonchev–Trinajstić information content (AvgIpc) is 2.91. The number of para-hydroxylation sites is 1. The smallest absolute Gasteiger partial charge is 0.226 e.